The Hall–Kier alpha value is -2.51. The number of piperazine rings is 2. The molecule has 0 radical (unpaired) electrons. The third kappa shape index (κ3) is 3.46. The number of amides is 3. The first kappa shape index (κ1) is 15.4. The number of nitrogens with zero attached hydrogens (tertiary/aromatic N) is 5. The lowest BCUT2D eigenvalue weighted by Gasteiger charge is -2.40. The number of rotatable bonds is 1. The van der Waals surface area contributed by atoms with Gasteiger partial charge in [0.15, 0.2) is 0 Å². The van der Waals surface area contributed by atoms with Gasteiger partial charge in [-0.1, -0.05) is 0 Å². The molecule has 8 heteroatoms. The number of carbonyl (C=O) groups excluding carboxylic acids is 1. The van der Waals surface area contributed by atoms with Crippen LogP contribution >= 0.6 is 0 Å². The van der Waals surface area contributed by atoms with Crippen molar-refractivity contribution in [1.29, 1.82) is 0 Å². The summed E-state index contributed by atoms with van der Waals surface area (Å²) in [4.78, 5) is 34.7. The van der Waals surface area contributed by atoms with Crippen LogP contribution in [0.25, 0.3) is 0 Å². The van der Waals surface area contributed by atoms with E-state index in [2.05, 4.69) is 9.88 Å². The zero-order valence-electron chi connectivity index (χ0n) is 13.0. The summed E-state index contributed by atoms with van der Waals surface area (Å²) >= 11 is 0. The first-order valence-electron chi connectivity index (χ1n) is 7.82. The minimum absolute atomic E-state index is 0.0180. The summed E-state index contributed by atoms with van der Waals surface area (Å²) in [5, 5.41) is 8.95. The van der Waals surface area contributed by atoms with Crippen molar-refractivity contribution in [2.45, 2.75) is 0 Å². The van der Waals surface area contributed by atoms with Crippen LogP contribution in [0.2, 0.25) is 0 Å². The molecule has 1 N–H and O–H groups in total. The van der Waals surface area contributed by atoms with Gasteiger partial charge in [0.2, 0.25) is 0 Å². The predicted octanol–water partition coefficient (Wildman–Crippen LogP) is 0.619. The van der Waals surface area contributed by atoms with Gasteiger partial charge in [-0.05, 0) is 12.1 Å². The van der Waals surface area contributed by atoms with E-state index in [1.807, 2.05) is 17.0 Å². The highest BCUT2D eigenvalue weighted by Gasteiger charge is 2.29. The van der Waals surface area contributed by atoms with Crippen molar-refractivity contribution in [1.82, 2.24) is 19.7 Å². The normalized spacial score (nSPS) is 19.0. The molecular formula is C15H21N5O3. The first-order valence-corrected chi connectivity index (χ1v) is 7.82. The van der Waals surface area contributed by atoms with Crippen LogP contribution < -0.4 is 4.90 Å². The summed E-state index contributed by atoms with van der Waals surface area (Å²) in [7, 11) is 0. The van der Waals surface area contributed by atoms with Crippen LogP contribution in [0, 0.1) is 0 Å². The third-order valence-corrected chi connectivity index (χ3v) is 4.40. The van der Waals surface area contributed by atoms with Gasteiger partial charge < -0.3 is 24.7 Å². The Balaban J connectivity index is 1.50. The molecule has 124 valence electrons. The van der Waals surface area contributed by atoms with E-state index in [-0.39, 0.29) is 6.03 Å². The van der Waals surface area contributed by atoms with Crippen LogP contribution in [0.5, 0.6) is 0 Å². The monoisotopic (exact) mass is 319 g/mol. The fraction of sp³-hybridized carbons (Fsp3) is 0.533. The molecule has 3 heterocycles. The molecule has 0 aromatic carbocycles. The van der Waals surface area contributed by atoms with Gasteiger partial charge in [-0.2, -0.15) is 0 Å². The quantitative estimate of drug-likeness (QED) is 0.821. The van der Waals surface area contributed by atoms with Crippen molar-refractivity contribution in [3.05, 3.63) is 24.5 Å². The fourth-order valence-corrected chi connectivity index (χ4v) is 3.00. The summed E-state index contributed by atoms with van der Waals surface area (Å²) in [5.74, 6) is 0. The molecule has 3 amide bonds. The second kappa shape index (κ2) is 6.72. The molecule has 23 heavy (non-hydrogen) atoms. The van der Waals surface area contributed by atoms with Crippen LogP contribution in [0.3, 0.4) is 0 Å². The van der Waals surface area contributed by atoms with Crippen molar-refractivity contribution in [2.75, 3.05) is 57.3 Å². The smallest absolute Gasteiger partial charge is 0.407 e. The second-order valence-corrected chi connectivity index (χ2v) is 5.72. The molecule has 2 aliphatic heterocycles. The number of carbonyl (C=O) groups is 2. The minimum atomic E-state index is -0.914. The maximum Gasteiger partial charge on any atom is 0.407 e. The Morgan fingerprint density at radius 2 is 1.30 bits per heavy atom. The number of pyridine rings is 1. The van der Waals surface area contributed by atoms with E-state index in [4.69, 9.17) is 5.11 Å². The highest BCUT2D eigenvalue weighted by atomic mass is 16.4. The average molecular weight is 319 g/mol. The highest BCUT2D eigenvalue weighted by Crippen LogP contribution is 2.16. The van der Waals surface area contributed by atoms with E-state index in [1.54, 1.807) is 17.3 Å². The SMILES string of the molecule is O=C(O)N1CCN(C(=O)N2CCN(c3ccncc3)CC2)CC1. The van der Waals surface area contributed by atoms with Gasteiger partial charge in [0.25, 0.3) is 0 Å². The summed E-state index contributed by atoms with van der Waals surface area (Å²) in [6.45, 7) is 4.66. The Kier molecular flexibility index (Phi) is 4.50. The molecule has 0 unspecified atom stereocenters. The Labute approximate surface area is 134 Å². The molecule has 0 atom stereocenters. The van der Waals surface area contributed by atoms with Gasteiger partial charge in [-0.3, -0.25) is 4.98 Å². The molecule has 0 spiro atoms. The summed E-state index contributed by atoms with van der Waals surface area (Å²) in [6, 6.07) is 3.97. The van der Waals surface area contributed by atoms with Crippen molar-refractivity contribution < 1.29 is 14.7 Å². The first-order chi connectivity index (χ1) is 11.1. The van der Waals surface area contributed by atoms with Crippen molar-refractivity contribution >= 4 is 17.8 Å². The zero-order chi connectivity index (χ0) is 16.2. The topological polar surface area (TPSA) is 80.2 Å². The lowest BCUT2D eigenvalue weighted by Crippen LogP contribution is -2.57. The largest absolute Gasteiger partial charge is 0.465 e. The standard InChI is InChI=1S/C15H21N5O3/c21-14(19-9-11-20(12-10-19)15(22)23)18-7-5-17(6-8-18)13-1-3-16-4-2-13/h1-4H,5-12H2,(H,22,23). The third-order valence-electron chi connectivity index (χ3n) is 4.40. The number of anilines is 1. The maximum absolute atomic E-state index is 12.5. The van der Waals surface area contributed by atoms with Gasteiger partial charge in [-0.25, -0.2) is 9.59 Å². The van der Waals surface area contributed by atoms with Crippen LogP contribution in [0.1, 0.15) is 0 Å². The van der Waals surface area contributed by atoms with Crippen molar-refractivity contribution in [2.24, 2.45) is 0 Å². The lowest BCUT2D eigenvalue weighted by atomic mass is 10.2. The van der Waals surface area contributed by atoms with Crippen LogP contribution in [0.15, 0.2) is 24.5 Å². The molecule has 2 aliphatic rings. The maximum atomic E-state index is 12.5. The highest BCUT2D eigenvalue weighted by molar-refractivity contribution is 5.75. The van der Waals surface area contributed by atoms with Crippen molar-refractivity contribution in [3.8, 4) is 0 Å². The second-order valence-electron chi connectivity index (χ2n) is 5.72. The number of hydrogen-bond donors (Lipinski definition) is 1. The molecule has 8 nitrogen and oxygen atoms in total. The van der Waals surface area contributed by atoms with E-state index in [1.165, 1.54) is 4.90 Å². The van der Waals surface area contributed by atoms with E-state index in [0.717, 1.165) is 18.8 Å². The molecular weight excluding hydrogens is 298 g/mol. The molecule has 1 aromatic heterocycles. The van der Waals surface area contributed by atoms with Crippen LogP contribution in [-0.4, -0.2) is 89.3 Å². The summed E-state index contributed by atoms with van der Waals surface area (Å²) in [5.41, 5.74) is 1.13. The van der Waals surface area contributed by atoms with Gasteiger partial charge in [0.1, 0.15) is 0 Å². The number of urea groups is 1. The summed E-state index contributed by atoms with van der Waals surface area (Å²) in [6.07, 6.45) is 2.63. The molecule has 3 rings (SSSR count). The Morgan fingerprint density at radius 3 is 1.83 bits per heavy atom. The van der Waals surface area contributed by atoms with Gasteiger partial charge in [0, 0.05) is 70.4 Å². The number of aromatic nitrogens is 1. The fourth-order valence-electron chi connectivity index (χ4n) is 3.00. The van der Waals surface area contributed by atoms with Crippen molar-refractivity contribution in [3.63, 3.8) is 0 Å². The molecule has 2 saturated heterocycles. The molecule has 1 aromatic rings. The Morgan fingerprint density at radius 1 is 0.826 bits per heavy atom. The molecule has 0 bridgehead atoms. The zero-order valence-corrected chi connectivity index (χ0v) is 13.0. The lowest BCUT2D eigenvalue weighted by molar-refractivity contribution is 0.0980. The van der Waals surface area contributed by atoms with E-state index in [0.29, 0.717) is 39.3 Å². The summed E-state index contributed by atoms with van der Waals surface area (Å²) < 4.78 is 0. The van der Waals surface area contributed by atoms with E-state index in [9.17, 15) is 9.59 Å². The van der Waals surface area contributed by atoms with Gasteiger partial charge in [0.05, 0.1) is 0 Å². The Bertz CT molecular complexity index is 551. The van der Waals surface area contributed by atoms with Gasteiger partial charge >= 0.3 is 12.1 Å². The van der Waals surface area contributed by atoms with Gasteiger partial charge in [-0.15, -0.1) is 0 Å². The number of carboxylic acid groups (broad SMARTS) is 1. The predicted molar refractivity (Wildman–Crippen MR) is 84.6 cm³/mol. The van der Waals surface area contributed by atoms with E-state index >= 15 is 0 Å². The van der Waals surface area contributed by atoms with Crippen LogP contribution in [-0.2, 0) is 0 Å². The van der Waals surface area contributed by atoms with Crippen LogP contribution in [0.4, 0.5) is 15.3 Å². The minimum Gasteiger partial charge on any atom is -0.465 e. The number of hydrogen-bond acceptors (Lipinski definition) is 4. The molecule has 2 fully saturated rings. The molecule has 0 saturated carbocycles. The van der Waals surface area contributed by atoms with E-state index < -0.39 is 6.09 Å². The average Bonchev–Trinajstić information content (AvgIpc) is 2.62. The molecule has 0 aliphatic carbocycles.